The molecule has 0 aliphatic carbocycles. The number of hydrogen-bond donors (Lipinski definition) is 6. The highest BCUT2D eigenvalue weighted by Crippen LogP contribution is 2.16. The van der Waals surface area contributed by atoms with Gasteiger partial charge in [-0.05, 0) is 0 Å². The topological polar surface area (TPSA) is 139 Å². The summed E-state index contributed by atoms with van der Waals surface area (Å²) >= 11 is -2.62. The number of nitrogens with one attached hydrogen (secondary N) is 1. The first kappa shape index (κ1) is 12.9. The zero-order chi connectivity index (χ0) is 11.6. The molecule has 1 heterocycles. The van der Waals surface area contributed by atoms with E-state index in [1.807, 2.05) is 0 Å². The van der Waals surface area contributed by atoms with Crippen molar-refractivity contribution in [2.45, 2.75) is 30.6 Å². The van der Waals surface area contributed by atoms with E-state index in [1.165, 1.54) is 0 Å². The van der Waals surface area contributed by atoms with Gasteiger partial charge in [0.25, 0.3) is 0 Å². The molecule has 90 valence electrons. The van der Waals surface area contributed by atoms with Gasteiger partial charge in [-0.1, -0.05) is 0 Å². The first-order chi connectivity index (χ1) is 6.97. The average Bonchev–Trinajstić information content (AvgIpc) is 2.18. The van der Waals surface area contributed by atoms with Crippen LogP contribution in [0.5, 0.6) is 0 Å². The van der Waals surface area contributed by atoms with Crippen molar-refractivity contribution < 1.29 is 33.4 Å². The lowest BCUT2D eigenvalue weighted by Gasteiger charge is -2.39. The minimum Gasteiger partial charge on any atom is -0.395 e. The number of rotatable bonds is 3. The van der Waals surface area contributed by atoms with Crippen LogP contribution in [0.4, 0.5) is 0 Å². The lowest BCUT2D eigenvalue weighted by Crippen LogP contribution is -2.66. The van der Waals surface area contributed by atoms with Crippen molar-refractivity contribution in [1.82, 2.24) is 5.32 Å². The third-order valence-corrected chi connectivity index (χ3v) is 2.56. The van der Waals surface area contributed by atoms with Gasteiger partial charge < -0.3 is 20.4 Å². The van der Waals surface area contributed by atoms with Gasteiger partial charge in [0, 0.05) is 0 Å². The summed E-state index contributed by atoms with van der Waals surface area (Å²) in [6, 6.07) is -0.933. The Morgan fingerprint density at radius 1 is 1.20 bits per heavy atom. The highest BCUT2D eigenvalue weighted by atomic mass is 32.2. The fraction of sp³-hybridized carbons (Fsp3) is 1.00. The van der Waals surface area contributed by atoms with Crippen molar-refractivity contribution in [3.8, 4) is 0 Å². The van der Waals surface area contributed by atoms with Crippen molar-refractivity contribution in [2.75, 3.05) is 6.61 Å². The molecule has 0 bridgehead atoms. The molecule has 0 aromatic rings. The second-order valence-corrected chi connectivity index (χ2v) is 3.79. The van der Waals surface area contributed by atoms with Crippen LogP contribution < -0.4 is 5.32 Å². The zero-order valence-electron chi connectivity index (χ0n) is 7.55. The maximum Gasteiger partial charge on any atom is 0.303 e. The molecule has 1 fully saturated rings. The summed E-state index contributed by atoms with van der Waals surface area (Å²) in [5.74, 6) is 0. The molecule has 0 spiro atoms. The smallest absolute Gasteiger partial charge is 0.303 e. The van der Waals surface area contributed by atoms with Gasteiger partial charge in [-0.2, -0.15) is 4.21 Å². The van der Waals surface area contributed by atoms with E-state index in [-0.39, 0.29) is 0 Å². The second-order valence-electron chi connectivity index (χ2n) is 3.16. The molecule has 6 unspecified atom stereocenters. The van der Waals surface area contributed by atoms with Gasteiger partial charge >= 0.3 is 11.4 Å². The van der Waals surface area contributed by atoms with Gasteiger partial charge in [-0.25, -0.2) is 4.18 Å². The molecule has 1 rings (SSSR count). The van der Waals surface area contributed by atoms with E-state index in [0.29, 0.717) is 0 Å². The lowest BCUT2D eigenvalue weighted by atomic mass is 9.95. The monoisotopic (exact) mass is 243 g/mol. The van der Waals surface area contributed by atoms with Crippen LogP contribution >= 0.6 is 0 Å². The van der Waals surface area contributed by atoms with Gasteiger partial charge in [-0.3, -0.25) is 9.87 Å². The molecule has 6 atom stereocenters. The Bertz CT molecular complexity index is 238. The van der Waals surface area contributed by atoms with Crippen molar-refractivity contribution in [3.63, 3.8) is 0 Å². The maximum atomic E-state index is 10.3. The molecule has 1 aliphatic rings. The van der Waals surface area contributed by atoms with Crippen LogP contribution in [0.1, 0.15) is 0 Å². The Morgan fingerprint density at radius 2 is 1.80 bits per heavy atom. The minimum atomic E-state index is -2.62. The molecule has 0 aromatic heterocycles. The molecule has 0 saturated carbocycles. The van der Waals surface area contributed by atoms with Crippen molar-refractivity contribution in [3.05, 3.63) is 0 Å². The number of aliphatic hydroxyl groups is 4. The van der Waals surface area contributed by atoms with E-state index >= 15 is 0 Å². The van der Waals surface area contributed by atoms with E-state index in [0.717, 1.165) is 0 Å². The molecule has 1 saturated heterocycles. The van der Waals surface area contributed by atoms with E-state index < -0.39 is 48.5 Å². The van der Waals surface area contributed by atoms with E-state index in [1.54, 1.807) is 0 Å². The second kappa shape index (κ2) is 5.27. The Hall–Kier alpha value is -0.130. The molecule has 6 N–H and O–H groups in total. The Balaban J connectivity index is 2.69. The van der Waals surface area contributed by atoms with Crippen molar-refractivity contribution in [1.29, 1.82) is 0 Å². The maximum absolute atomic E-state index is 10.3. The molecule has 15 heavy (non-hydrogen) atoms. The van der Waals surface area contributed by atoms with Gasteiger partial charge in [0.1, 0.15) is 18.3 Å². The number of aliphatic hydroxyl groups excluding tert-OH is 4. The van der Waals surface area contributed by atoms with Crippen LogP contribution in [0.15, 0.2) is 0 Å². The van der Waals surface area contributed by atoms with E-state index in [4.69, 9.17) is 9.66 Å². The van der Waals surface area contributed by atoms with Crippen molar-refractivity contribution >= 4 is 11.4 Å². The van der Waals surface area contributed by atoms with Gasteiger partial charge in [0.2, 0.25) is 0 Å². The molecule has 0 aromatic carbocycles. The average molecular weight is 243 g/mol. The number of hydrogen-bond acceptors (Lipinski definition) is 7. The summed E-state index contributed by atoms with van der Waals surface area (Å²) in [4.78, 5) is 0. The molecule has 1 aliphatic heterocycles. The van der Waals surface area contributed by atoms with E-state index in [2.05, 4.69) is 9.50 Å². The summed E-state index contributed by atoms with van der Waals surface area (Å²) in [6.45, 7) is -0.511. The highest BCUT2D eigenvalue weighted by Gasteiger charge is 2.43. The summed E-state index contributed by atoms with van der Waals surface area (Å²) in [7, 11) is 0. The summed E-state index contributed by atoms with van der Waals surface area (Å²) in [6.07, 6.45) is -5.82. The van der Waals surface area contributed by atoms with Crippen LogP contribution in [0.3, 0.4) is 0 Å². The zero-order valence-corrected chi connectivity index (χ0v) is 8.37. The number of piperidine rings is 1. The summed E-state index contributed by atoms with van der Waals surface area (Å²) in [5.41, 5.74) is 0. The summed E-state index contributed by atoms with van der Waals surface area (Å²) in [5, 5.41) is 39.2. The Morgan fingerprint density at radius 3 is 2.27 bits per heavy atom. The summed E-state index contributed by atoms with van der Waals surface area (Å²) < 4.78 is 23.1. The van der Waals surface area contributed by atoms with Crippen molar-refractivity contribution in [2.24, 2.45) is 0 Å². The molecule has 8 nitrogen and oxygen atoms in total. The molecule has 0 amide bonds. The van der Waals surface area contributed by atoms with Crippen LogP contribution in [0.2, 0.25) is 0 Å². The minimum absolute atomic E-state index is 0.511. The third-order valence-electron chi connectivity index (χ3n) is 2.18. The molecule has 9 heteroatoms. The fourth-order valence-corrected chi connectivity index (χ4v) is 1.71. The fourth-order valence-electron chi connectivity index (χ4n) is 1.36. The molecular formula is C6H13NO7S. The predicted octanol–water partition coefficient (Wildman–Crippen LogP) is -3.49. The third kappa shape index (κ3) is 2.92. The largest absolute Gasteiger partial charge is 0.395 e. The molecule has 0 radical (unpaired) electrons. The van der Waals surface area contributed by atoms with Crippen LogP contribution in [-0.2, 0) is 15.5 Å². The van der Waals surface area contributed by atoms with Gasteiger partial charge in [-0.15, -0.1) is 0 Å². The van der Waals surface area contributed by atoms with Crippen LogP contribution in [-0.4, -0.2) is 66.4 Å². The Labute approximate surface area is 88.0 Å². The normalized spacial score (nSPS) is 43.9. The predicted molar refractivity (Wildman–Crippen MR) is 47.7 cm³/mol. The van der Waals surface area contributed by atoms with Gasteiger partial charge in [0.05, 0.1) is 12.6 Å². The quantitative estimate of drug-likeness (QED) is 0.281. The SMILES string of the molecule is O=S(O)OC1NC(CO)C(O)C(O)C1O. The lowest BCUT2D eigenvalue weighted by molar-refractivity contribution is -0.153. The first-order valence-electron chi connectivity index (χ1n) is 4.16. The molecular weight excluding hydrogens is 230 g/mol. The first-order valence-corrected chi connectivity index (χ1v) is 5.19. The highest BCUT2D eigenvalue weighted by molar-refractivity contribution is 7.74. The van der Waals surface area contributed by atoms with Gasteiger partial charge in [0.15, 0.2) is 6.23 Å². The van der Waals surface area contributed by atoms with Crippen LogP contribution in [0.25, 0.3) is 0 Å². The van der Waals surface area contributed by atoms with Crippen LogP contribution in [0, 0.1) is 0 Å². The van der Waals surface area contributed by atoms with E-state index in [9.17, 15) is 19.5 Å². The Kier molecular flexibility index (Phi) is 4.55. The standard InChI is InChI=1S/C6H13NO7S/c8-1-2-3(9)4(10)5(11)6(7-2)14-15(12)13/h2-11H,1H2,(H,12,13).